The van der Waals surface area contributed by atoms with E-state index in [9.17, 15) is 4.79 Å². The van der Waals surface area contributed by atoms with Crippen LogP contribution in [0.15, 0.2) is 0 Å². The molecule has 16 heavy (non-hydrogen) atoms. The van der Waals surface area contributed by atoms with Gasteiger partial charge < -0.3 is 10.1 Å². The zero-order valence-electron chi connectivity index (χ0n) is 9.82. The van der Waals surface area contributed by atoms with Gasteiger partial charge in [-0.2, -0.15) is 0 Å². The number of hydrogen-bond acceptors (Lipinski definition) is 5. The Morgan fingerprint density at radius 2 is 2.31 bits per heavy atom. The number of aromatic nitrogens is 2. The highest BCUT2D eigenvalue weighted by Gasteiger charge is 2.14. The van der Waals surface area contributed by atoms with Crippen molar-refractivity contribution in [1.82, 2.24) is 10.2 Å². The minimum atomic E-state index is 0.00182. The van der Waals surface area contributed by atoms with Crippen molar-refractivity contribution >= 4 is 22.4 Å². The van der Waals surface area contributed by atoms with Crippen LogP contribution in [-0.2, 0) is 16.1 Å². The van der Waals surface area contributed by atoms with Gasteiger partial charge in [0.25, 0.3) is 0 Å². The maximum atomic E-state index is 11.7. The smallest absolute Gasteiger partial charge is 0.229 e. The number of methoxy groups -OCH3 is 1. The van der Waals surface area contributed by atoms with Crippen molar-refractivity contribution in [2.45, 2.75) is 33.3 Å². The molecule has 1 N–H and O–H groups in total. The summed E-state index contributed by atoms with van der Waals surface area (Å²) in [5.74, 6) is 0.0155. The van der Waals surface area contributed by atoms with Gasteiger partial charge in [0.2, 0.25) is 11.0 Å². The number of carbonyl (C=O) groups excluding carboxylic acids is 1. The second kappa shape index (κ2) is 6.55. The quantitative estimate of drug-likeness (QED) is 0.830. The van der Waals surface area contributed by atoms with E-state index in [0.717, 1.165) is 17.8 Å². The summed E-state index contributed by atoms with van der Waals surface area (Å²) < 4.78 is 4.93. The summed E-state index contributed by atoms with van der Waals surface area (Å²) in [7, 11) is 1.60. The van der Waals surface area contributed by atoms with Crippen molar-refractivity contribution in [3.8, 4) is 0 Å². The van der Waals surface area contributed by atoms with Gasteiger partial charge in [0.05, 0.1) is 0 Å². The minimum Gasteiger partial charge on any atom is -0.377 e. The van der Waals surface area contributed by atoms with Crippen LogP contribution >= 0.6 is 11.3 Å². The Morgan fingerprint density at radius 1 is 1.56 bits per heavy atom. The third-order valence-corrected chi connectivity index (χ3v) is 2.95. The zero-order chi connectivity index (χ0) is 12.0. The third kappa shape index (κ3) is 3.86. The van der Waals surface area contributed by atoms with Gasteiger partial charge in [0.1, 0.15) is 11.6 Å². The highest BCUT2D eigenvalue weighted by molar-refractivity contribution is 7.15. The summed E-state index contributed by atoms with van der Waals surface area (Å²) >= 11 is 1.34. The van der Waals surface area contributed by atoms with Crippen LogP contribution in [0.3, 0.4) is 0 Å². The SMILES string of the molecule is CCC[C@H](C)C(=O)Nc1nnc(COC)s1. The number of anilines is 1. The topological polar surface area (TPSA) is 64.1 Å². The van der Waals surface area contributed by atoms with Crippen LogP contribution in [0.25, 0.3) is 0 Å². The lowest BCUT2D eigenvalue weighted by molar-refractivity contribution is -0.119. The van der Waals surface area contributed by atoms with E-state index < -0.39 is 0 Å². The summed E-state index contributed by atoms with van der Waals surface area (Å²) in [4.78, 5) is 11.7. The molecule has 1 atom stereocenters. The number of amides is 1. The van der Waals surface area contributed by atoms with Gasteiger partial charge in [0.15, 0.2) is 0 Å². The van der Waals surface area contributed by atoms with E-state index >= 15 is 0 Å². The molecule has 0 bridgehead atoms. The van der Waals surface area contributed by atoms with Crippen LogP contribution in [0.4, 0.5) is 5.13 Å². The molecule has 0 spiro atoms. The van der Waals surface area contributed by atoms with Crippen LogP contribution in [-0.4, -0.2) is 23.2 Å². The molecule has 0 radical (unpaired) electrons. The molecule has 0 fully saturated rings. The van der Waals surface area contributed by atoms with Crippen LogP contribution in [0.1, 0.15) is 31.7 Å². The normalized spacial score (nSPS) is 12.4. The van der Waals surface area contributed by atoms with Gasteiger partial charge in [0, 0.05) is 13.0 Å². The Bertz CT molecular complexity index is 341. The minimum absolute atomic E-state index is 0.00182. The lowest BCUT2D eigenvalue weighted by atomic mass is 10.1. The van der Waals surface area contributed by atoms with E-state index in [0.29, 0.717) is 11.7 Å². The Balaban J connectivity index is 2.49. The molecule has 0 aliphatic heterocycles. The second-order valence-corrected chi connectivity index (χ2v) is 4.68. The van der Waals surface area contributed by atoms with Gasteiger partial charge in [-0.25, -0.2) is 0 Å². The van der Waals surface area contributed by atoms with Crippen LogP contribution in [0.5, 0.6) is 0 Å². The van der Waals surface area contributed by atoms with E-state index in [1.54, 1.807) is 7.11 Å². The molecule has 1 amide bonds. The van der Waals surface area contributed by atoms with Crippen molar-refractivity contribution < 1.29 is 9.53 Å². The monoisotopic (exact) mass is 243 g/mol. The molecule has 0 aromatic carbocycles. The number of hydrogen-bond donors (Lipinski definition) is 1. The first-order chi connectivity index (χ1) is 7.67. The number of nitrogens with zero attached hydrogens (tertiary/aromatic N) is 2. The van der Waals surface area contributed by atoms with Gasteiger partial charge in [-0.1, -0.05) is 31.6 Å². The summed E-state index contributed by atoms with van der Waals surface area (Å²) in [6, 6.07) is 0. The lowest BCUT2D eigenvalue weighted by Gasteiger charge is -2.07. The summed E-state index contributed by atoms with van der Waals surface area (Å²) in [5, 5.41) is 11.8. The third-order valence-electron chi connectivity index (χ3n) is 2.13. The van der Waals surface area contributed by atoms with Crippen molar-refractivity contribution in [1.29, 1.82) is 0 Å². The molecule has 0 aliphatic rings. The van der Waals surface area contributed by atoms with Gasteiger partial charge in [-0.05, 0) is 6.42 Å². The first-order valence-electron chi connectivity index (χ1n) is 5.29. The molecule has 1 aromatic heterocycles. The van der Waals surface area contributed by atoms with Gasteiger partial charge >= 0.3 is 0 Å². The van der Waals surface area contributed by atoms with Crippen LogP contribution < -0.4 is 5.32 Å². The lowest BCUT2D eigenvalue weighted by Crippen LogP contribution is -2.20. The molecular formula is C10H17N3O2S. The van der Waals surface area contributed by atoms with E-state index in [1.165, 1.54) is 11.3 Å². The Kier molecular flexibility index (Phi) is 5.34. The van der Waals surface area contributed by atoms with Crippen LogP contribution in [0, 0.1) is 5.92 Å². The summed E-state index contributed by atoms with van der Waals surface area (Å²) in [6.45, 7) is 4.40. The Morgan fingerprint density at radius 3 is 2.94 bits per heavy atom. The standard InChI is InChI=1S/C10H17N3O2S/c1-4-5-7(2)9(14)11-10-13-12-8(16-10)6-15-3/h7H,4-6H2,1-3H3,(H,11,13,14)/t7-/m0/s1. The Labute approximate surface area is 99.2 Å². The zero-order valence-corrected chi connectivity index (χ0v) is 10.6. The number of nitrogens with one attached hydrogen (secondary N) is 1. The largest absolute Gasteiger partial charge is 0.377 e. The molecule has 5 nitrogen and oxygen atoms in total. The molecule has 0 unspecified atom stereocenters. The van der Waals surface area contributed by atoms with Crippen LogP contribution in [0.2, 0.25) is 0 Å². The maximum absolute atomic E-state index is 11.7. The number of carbonyl (C=O) groups is 1. The van der Waals surface area contributed by atoms with Crippen molar-refractivity contribution in [3.05, 3.63) is 5.01 Å². The fourth-order valence-electron chi connectivity index (χ4n) is 1.28. The van der Waals surface area contributed by atoms with E-state index in [-0.39, 0.29) is 11.8 Å². The molecule has 1 heterocycles. The second-order valence-electron chi connectivity index (χ2n) is 3.61. The number of ether oxygens (including phenoxy) is 1. The first-order valence-corrected chi connectivity index (χ1v) is 6.11. The molecule has 6 heteroatoms. The molecule has 1 aromatic rings. The molecule has 0 saturated carbocycles. The fourth-order valence-corrected chi connectivity index (χ4v) is 1.99. The van der Waals surface area contributed by atoms with E-state index in [4.69, 9.17) is 4.74 Å². The van der Waals surface area contributed by atoms with E-state index in [2.05, 4.69) is 22.4 Å². The van der Waals surface area contributed by atoms with Crippen molar-refractivity contribution in [2.24, 2.45) is 5.92 Å². The fraction of sp³-hybridized carbons (Fsp3) is 0.700. The Hall–Kier alpha value is -1.01. The molecule has 0 aliphatic carbocycles. The average Bonchev–Trinajstić information content (AvgIpc) is 2.66. The van der Waals surface area contributed by atoms with Gasteiger partial charge in [-0.3, -0.25) is 4.79 Å². The van der Waals surface area contributed by atoms with Crippen molar-refractivity contribution in [2.75, 3.05) is 12.4 Å². The molecular weight excluding hydrogens is 226 g/mol. The average molecular weight is 243 g/mol. The van der Waals surface area contributed by atoms with Crippen molar-refractivity contribution in [3.63, 3.8) is 0 Å². The predicted octanol–water partition coefficient (Wildman–Crippen LogP) is 2.06. The molecule has 0 saturated heterocycles. The number of rotatable bonds is 6. The highest BCUT2D eigenvalue weighted by Crippen LogP contribution is 2.17. The maximum Gasteiger partial charge on any atom is 0.229 e. The first kappa shape index (κ1) is 13.1. The highest BCUT2D eigenvalue weighted by atomic mass is 32.1. The molecule has 1 rings (SSSR count). The summed E-state index contributed by atoms with van der Waals surface area (Å²) in [5.41, 5.74) is 0. The molecule has 90 valence electrons. The van der Waals surface area contributed by atoms with E-state index in [1.807, 2.05) is 6.92 Å². The van der Waals surface area contributed by atoms with Gasteiger partial charge in [-0.15, -0.1) is 10.2 Å². The predicted molar refractivity (Wildman–Crippen MR) is 63.3 cm³/mol. The summed E-state index contributed by atoms with van der Waals surface area (Å²) in [6.07, 6.45) is 1.88.